The fraction of sp³-hybridized carbons (Fsp3) is 0.442. The van der Waals surface area contributed by atoms with Crippen molar-refractivity contribution in [1.29, 1.82) is 0 Å². The summed E-state index contributed by atoms with van der Waals surface area (Å²) in [5.74, 6) is -0.622. The first-order chi connectivity index (χ1) is 24.5. The summed E-state index contributed by atoms with van der Waals surface area (Å²) in [4.78, 5) is 53.8. The minimum atomic E-state index is -0.168. The predicted octanol–water partition coefficient (Wildman–Crippen LogP) is 9.57. The zero-order valence-corrected chi connectivity index (χ0v) is 30.0. The number of benzene rings is 4. The highest BCUT2D eigenvalue weighted by atomic mass is 16.2. The SMILES string of the molecule is CCCCCCCCCN1C(=O)c2cccc3cccc(c23)C1=O.CCCCCCCNCCCN1C(=O)c2cccc3cccc(c23)C1=O. The van der Waals surface area contributed by atoms with Crippen LogP contribution in [-0.4, -0.2) is 59.6 Å². The number of imide groups is 2. The van der Waals surface area contributed by atoms with Gasteiger partial charge in [0.1, 0.15) is 0 Å². The molecule has 0 aromatic heterocycles. The van der Waals surface area contributed by atoms with E-state index in [2.05, 4.69) is 19.2 Å². The number of rotatable bonds is 18. The summed E-state index contributed by atoms with van der Waals surface area (Å²) in [7, 11) is 0. The van der Waals surface area contributed by atoms with Crippen LogP contribution in [0, 0.1) is 0 Å². The highest BCUT2D eigenvalue weighted by molar-refractivity contribution is 6.26. The summed E-state index contributed by atoms with van der Waals surface area (Å²) in [5.41, 5.74) is 2.60. The van der Waals surface area contributed by atoms with Gasteiger partial charge in [-0.1, -0.05) is 127 Å². The summed E-state index contributed by atoms with van der Waals surface area (Å²) >= 11 is 0. The molecule has 0 atom stereocenters. The van der Waals surface area contributed by atoms with Gasteiger partial charge in [-0.15, -0.1) is 0 Å². The van der Waals surface area contributed by atoms with Crippen LogP contribution in [0.3, 0.4) is 0 Å². The van der Waals surface area contributed by atoms with E-state index in [0.717, 1.165) is 53.9 Å². The van der Waals surface area contributed by atoms with Crippen molar-refractivity contribution in [3.8, 4) is 0 Å². The van der Waals surface area contributed by atoms with E-state index in [1.807, 2.05) is 72.8 Å². The van der Waals surface area contributed by atoms with Crippen molar-refractivity contribution >= 4 is 45.2 Å². The molecule has 0 spiro atoms. The molecule has 0 unspecified atom stereocenters. The Morgan fingerprint density at radius 1 is 0.420 bits per heavy atom. The number of nitrogens with zero attached hydrogens (tertiary/aromatic N) is 2. The highest BCUT2D eigenvalue weighted by Crippen LogP contribution is 2.31. The second-order valence-electron chi connectivity index (χ2n) is 13.6. The number of carbonyl (C=O) groups excluding carboxylic acids is 4. The summed E-state index contributed by atoms with van der Waals surface area (Å²) in [6, 6.07) is 22.7. The van der Waals surface area contributed by atoms with Crippen molar-refractivity contribution in [2.45, 2.75) is 97.3 Å². The molecule has 1 N–H and O–H groups in total. The monoisotopic (exact) mass is 675 g/mol. The van der Waals surface area contributed by atoms with Gasteiger partial charge < -0.3 is 5.32 Å². The van der Waals surface area contributed by atoms with Gasteiger partial charge in [0, 0.05) is 46.1 Å². The molecule has 50 heavy (non-hydrogen) atoms. The van der Waals surface area contributed by atoms with Crippen LogP contribution in [0.25, 0.3) is 21.5 Å². The number of hydrogen-bond donors (Lipinski definition) is 1. The van der Waals surface area contributed by atoms with E-state index in [4.69, 9.17) is 0 Å². The number of amides is 4. The molecule has 2 aliphatic heterocycles. The van der Waals surface area contributed by atoms with Gasteiger partial charge >= 0.3 is 0 Å². The molecule has 0 saturated carbocycles. The van der Waals surface area contributed by atoms with Crippen LogP contribution in [-0.2, 0) is 0 Å². The average Bonchev–Trinajstić information content (AvgIpc) is 3.14. The van der Waals surface area contributed by atoms with Crippen LogP contribution < -0.4 is 5.32 Å². The Bertz CT molecular complexity index is 1700. The fourth-order valence-electron chi connectivity index (χ4n) is 7.13. The molecule has 4 aromatic rings. The lowest BCUT2D eigenvalue weighted by molar-refractivity contribution is 0.0593. The maximum atomic E-state index is 12.8. The van der Waals surface area contributed by atoms with E-state index in [0.29, 0.717) is 35.3 Å². The first-order valence-electron chi connectivity index (χ1n) is 18.9. The summed E-state index contributed by atoms with van der Waals surface area (Å²) in [6.07, 6.45) is 15.4. The van der Waals surface area contributed by atoms with Gasteiger partial charge in [-0.2, -0.15) is 0 Å². The lowest BCUT2D eigenvalue weighted by atomic mass is 9.94. The van der Waals surface area contributed by atoms with Crippen LogP contribution in [0.1, 0.15) is 139 Å². The molecule has 4 aromatic carbocycles. The molecule has 4 amide bonds. The molecule has 2 heterocycles. The number of nitrogens with one attached hydrogen (secondary N) is 1. The summed E-state index contributed by atoms with van der Waals surface area (Å²) in [5, 5.41) is 6.94. The first-order valence-corrected chi connectivity index (χ1v) is 18.9. The zero-order valence-electron chi connectivity index (χ0n) is 30.0. The molecule has 0 aliphatic carbocycles. The van der Waals surface area contributed by atoms with Gasteiger partial charge in [0.2, 0.25) is 0 Å². The lowest BCUT2D eigenvalue weighted by Crippen LogP contribution is -2.41. The molecule has 0 saturated heterocycles. The molecular formula is C43H53N3O4. The molecule has 7 nitrogen and oxygen atoms in total. The van der Waals surface area contributed by atoms with Gasteiger partial charge in [-0.05, 0) is 67.4 Å². The number of unbranched alkanes of at least 4 members (excludes halogenated alkanes) is 10. The smallest absolute Gasteiger partial charge is 0.261 e. The van der Waals surface area contributed by atoms with E-state index in [1.165, 1.54) is 74.0 Å². The summed E-state index contributed by atoms with van der Waals surface area (Å²) in [6.45, 7) is 7.26. The topological polar surface area (TPSA) is 86.8 Å². The average molecular weight is 676 g/mol. The van der Waals surface area contributed by atoms with E-state index >= 15 is 0 Å². The molecule has 7 heteroatoms. The standard InChI is InChI=1S/C22H28N2O2.C21H25NO2/c1-2-3-4-5-6-14-23-15-9-16-24-21(25)18-12-7-10-17-11-8-13-19(20(17)18)22(24)26;1-2-3-4-5-6-7-8-15-22-20(23)17-13-9-11-16-12-10-14-18(19(16)17)21(22)24/h7-8,10-13,23H,2-6,9,14-16H2,1H3;9-14H,2-8,15H2,1H3. The fourth-order valence-corrected chi connectivity index (χ4v) is 7.13. The van der Waals surface area contributed by atoms with Gasteiger partial charge in [-0.25, -0.2) is 0 Å². The second kappa shape index (κ2) is 18.6. The molecule has 264 valence electrons. The highest BCUT2D eigenvalue weighted by Gasteiger charge is 2.33. The van der Waals surface area contributed by atoms with E-state index < -0.39 is 0 Å². The Balaban J connectivity index is 0.000000195. The first kappa shape index (κ1) is 36.9. The Morgan fingerprint density at radius 3 is 1.18 bits per heavy atom. The quantitative estimate of drug-likeness (QED) is 0.0839. The predicted molar refractivity (Wildman–Crippen MR) is 203 cm³/mol. The van der Waals surface area contributed by atoms with Crippen LogP contribution >= 0.6 is 0 Å². The van der Waals surface area contributed by atoms with Crippen LogP contribution in [0.4, 0.5) is 0 Å². The minimum absolute atomic E-state index is 0.143. The van der Waals surface area contributed by atoms with Crippen molar-refractivity contribution in [1.82, 2.24) is 15.1 Å². The molecule has 0 bridgehead atoms. The summed E-state index contributed by atoms with van der Waals surface area (Å²) < 4.78 is 0. The Morgan fingerprint density at radius 2 is 0.760 bits per heavy atom. The van der Waals surface area contributed by atoms with Gasteiger partial charge in [0.15, 0.2) is 0 Å². The van der Waals surface area contributed by atoms with Crippen LogP contribution in [0.15, 0.2) is 72.8 Å². The maximum Gasteiger partial charge on any atom is 0.261 e. The normalized spacial score (nSPS) is 13.7. The molecule has 0 fully saturated rings. The van der Waals surface area contributed by atoms with E-state index in [-0.39, 0.29) is 23.6 Å². The Kier molecular flexibility index (Phi) is 13.7. The van der Waals surface area contributed by atoms with Gasteiger partial charge in [-0.3, -0.25) is 29.0 Å². The van der Waals surface area contributed by atoms with E-state index in [9.17, 15) is 19.2 Å². The van der Waals surface area contributed by atoms with Crippen molar-refractivity contribution in [2.24, 2.45) is 0 Å². The maximum absolute atomic E-state index is 12.8. The van der Waals surface area contributed by atoms with Crippen LogP contribution in [0.5, 0.6) is 0 Å². The third-order valence-electron chi connectivity index (χ3n) is 9.89. The second-order valence-corrected chi connectivity index (χ2v) is 13.6. The third-order valence-corrected chi connectivity index (χ3v) is 9.89. The zero-order chi connectivity index (χ0) is 35.3. The minimum Gasteiger partial charge on any atom is -0.317 e. The van der Waals surface area contributed by atoms with Gasteiger partial charge in [0.25, 0.3) is 23.6 Å². The molecule has 2 aliphatic rings. The van der Waals surface area contributed by atoms with E-state index in [1.54, 1.807) is 0 Å². The van der Waals surface area contributed by atoms with Crippen molar-refractivity contribution in [2.75, 3.05) is 26.2 Å². The Labute approximate surface area is 297 Å². The third kappa shape index (κ3) is 8.67. The van der Waals surface area contributed by atoms with Crippen molar-refractivity contribution in [3.05, 3.63) is 95.1 Å². The van der Waals surface area contributed by atoms with Crippen molar-refractivity contribution < 1.29 is 19.2 Å². The largest absolute Gasteiger partial charge is 0.317 e. The van der Waals surface area contributed by atoms with Crippen molar-refractivity contribution in [3.63, 3.8) is 0 Å². The number of hydrogen-bond acceptors (Lipinski definition) is 5. The molecule has 6 rings (SSSR count). The molecular weight excluding hydrogens is 622 g/mol. The molecule has 0 radical (unpaired) electrons. The Hall–Kier alpha value is -4.36. The lowest BCUT2D eigenvalue weighted by Gasteiger charge is -2.27. The van der Waals surface area contributed by atoms with Gasteiger partial charge in [0.05, 0.1) is 0 Å². The number of carbonyl (C=O) groups is 4. The van der Waals surface area contributed by atoms with Crippen LogP contribution in [0.2, 0.25) is 0 Å².